The molecule has 0 saturated carbocycles. The lowest BCUT2D eigenvalue weighted by molar-refractivity contribution is -0.151. The quantitative estimate of drug-likeness (QED) is 0.600. The predicted molar refractivity (Wildman–Crippen MR) is 115 cm³/mol. The second kappa shape index (κ2) is 9.67. The van der Waals surface area contributed by atoms with Crippen molar-refractivity contribution in [3.63, 3.8) is 0 Å². The summed E-state index contributed by atoms with van der Waals surface area (Å²) < 4.78 is 30.5. The molecule has 0 aliphatic carbocycles. The summed E-state index contributed by atoms with van der Waals surface area (Å²) in [7, 11) is -1.73. The average Bonchev–Trinajstić information content (AvgIpc) is 3.12. The molecule has 1 unspecified atom stereocenters. The van der Waals surface area contributed by atoms with Crippen molar-refractivity contribution in [2.75, 3.05) is 49.9 Å². The summed E-state index contributed by atoms with van der Waals surface area (Å²) in [5, 5.41) is 0. The first-order chi connectivity index (χ1) is 14.7. The van der Waals surface area contributed by atoms with Gasteiger partial charge < -0.3 is 14.5 Å². The molecule has 10 heteroatoms. The maximum Gasteiger partial charge on any atom is 0.310 e. The number of hydrogen-bond donors (Lipinski definition) is 0. The fourth-order valence-corrected chi connectivity index (χ4v) is 5.52. The van der Waals surface area contributed by atoms with Gasteiger partial charge in [-0.2, -0.15) is 0 Å². The molecule has 1 atom stereocenters. The van der Waals surface area contributed by atoms with Crippen molar-refractivity contribution < 1.29 is 27.5 Å². The van der Waals surface area contributed by atoms with E-state index < -0.39 is 10.0 Å². The minimum atomic E-state index is -3.28. The van der Waals surface area contributed by atoms with Crippen molar-refractivity contribution in [1.29, 1.82) is 0 Å². The highest BCUT2D eigenvalue weighted by Crippen LogP contribution is 2.24. The molecule has 0 bridgehead atoms. The Morgan fingerprint density at radius 3 is 2.45 bits per heavy atom. The van der Waals surface area contributed by atoms with E-state index in [1.807, 2.05) is 0 Å². The van der Waals surface area contributed by atoms with Crippen LogP contribution in [0.2, 0.25) is 0 Å². The van der Waals surface area contributed by atoms with Gasteiger partial charge in [0.05, 0.1) is 30.5 Å². The number of carbonyl (C=O) groups excluding carboxylic acids is 3. The summed E-state index contributed by atoms with van der Waals surface area (Å²) in [6, 6.07) is 6.37. The lowest BCUT2D eigenvalue weighted by Gasteiger charge is -2.32. The molecule has 2 aliphatic rings. The lowest BCUT2D eigenvalue weighted by Crippen LogP contribution is -2.47. The van der Waals surface area contributed by atoms with Crippen molar-refractivity contribution in [2.24, 2.45) is 5.92 Å². The maximum absolute atomic E-state index is 12.7. The molecule has 9 nitrogen and oxygen atoms in total. The third-order valence-corrected chi connectivity index (χ3v) is 7.48. The van der Waals surface area contributed by atoms with Gasteiger partial charge in [-0.3, -0.25) is 18.7 Å². The van der Waals surface area contributed by atoms with E-state index in [0.29, 0.717) is 56.8 Å². The van der Waals surface area contributed by atoms with E-state index in [9.17, 15) is 22.8 Å². The second-order valence-corrected chi connectivity index (χ2v) is 9.89. The van der Waals surface area contributed by atoms with Gasteiger partial charge in [0.2, 0.25) is 15.9 Å². The van der Waals surface area contributed by atoms with Gasteiger partial charge >= 0.3 is 5.97 Å². The Hall–Kier alpha value is -2.62. The summed E-state index contributed by atoms with van der Waals surface area (Å²) >= 11 is 0. The van der Waals surface area contributed by atoms with E-state index in [0.717, 1.165) is 0 Å². The topological polar surface area (TPSA) is 104 Å². The molecule has 3 rings (SSSR count). The van der Waals surface area contributed by atoms with E-state index in [4.69, 9.17) is 4.74 Å². The number of nitrogens with zero attached hydrogens (tertiary/aromatic N) is 3. The molecule has 2 fully saturated rings. The summed E-state index contributed by atoms with van der Waals surface area (Å²) in [6.45, 7) is 3.25. The van der Waals surface area contributed by atoms with Crippen LogP contribution in [0.4, 0.5) is 5.69 Å². The molecular weight excluding hydrogens is 422 g/mol. The van der Waals surface area contributed by atoms with Gasteiger partial charge in [0.25, 0.3) is 5.91 Å². The van der Waals surface area contributed by atoms with Gasteiger partial charge in [0.15, 0.2) is 0 Å². The highest BCUT2D eigenvalue weighted by Gasteiger charge is 2.31. The standard InChI is InChI=1S/C21H29N3O6S/c1-3-30-21(27)17-6-4-11-23(14-17)19(25)15-22(2)20(26)16-7-9-18(10-8-16)24-12-5-13-31(24,28)29/h7-10,17H,3-6,11-15H2,1-2H3. The minimum Gasteiger partial charge on any atom is -0.466 e. The zero-order valence-corrected chi connectivity index (χ0v) is 18.8. The van der Waals surface area contributed by atoms with Gasteiger partial charge in [-0.05, 0) is 50.5 Å². The first kappa shape index (κ1) is 23.1. The molecule has 170 valence electrons. The monoisotopic (exact) mass is 451 g/mol. The van der Waals surface area contributed by atoms with Gasteiger partial charge in [0, 0.05) is 32.2 Å². The first-order valence-electron chi connectivity index (χ1n) is 10.5. The molecule has 2 aliphatic heterocycles. The number of esters is 1. The fourth-order valence-electron chi connectivity index (χ4n) is 3.95. The van der Waals surface area contributed by atoms with Crippen molar-refractivity contribution in [3.05, 3.63) is 29.8 Å². The Kier molecular flexibility index (Phi) is 7.19. The number of amides is 2. The van der Waals surface area contributed by atoms with Crippen LogP contribution in [0, 0.1) is 5.92 Å². The number of rotatable bonds is 6. The first-order valence-corrected chi connectivity index (χ1v) is 12.1. The SMILES string of the molecule is CCOC(=O)C1CCCN(C(=O)CN(C)C(=O)c2ccc(N3CCCS3(=O)=O)cc2)C1. The predicted octanol–water partition coefficient (Wildman–Crippen LogP) is 1.10. The average molecular weight is 452 g/mol. The second-order valence-electron chi connectivity index (χ2n) is 7.88. The number of benzene rings is 1. The normalized spacial score (nSPS) is 20.4. The molecule has 2 heterocycles. The van der Waals surface area contributed by atoms with Crippen molar-refractivity contribution in [3.8, 4) is 0 Å². The van der Waals surface area contributed by atoms with E-state index in [-0.39, 0.29) is 36.0 Å². The van der Waals surface area contributed by atoms with Gasteiger partial charge in [-0.1, -0.05) is 0 Å². The number of sulfonamides is 1. The van der Waals surface area contributed by atoms with Crippen molar-refractivity contribution in [1.82, 2.24) is 9.80 Å². The van der Waals surface area contributed by atoms with Crippen LogP contribution in [0.3, 0.4) is 0 Å². The molecule has 0 radical (unpaired) electrons. The van der Waals surface area contributed by atoms with E-state index >= 15 is 0 Å². The molecule has 0 aromatic heterocycles. The Labute approximate surface area is 183 Å². The number of carbonyl (C=O) groups is 3. The molecule has 2 saturated heterocycles. The molecule has 0 spiro atoms. The number of piperidine rings is 1. The lowest BCUT2D eigenvalue weighted by atomic mass is 9.98. The summed E-state index contributed by atoms with van der Waals surface area (Å²) in [4.78, 5) is 40.3. The minimum absolute atomic E-state index is 0.101. The van der Waals surface area contributed by atoms with E-state index in [1.165, 1.54) is 9.21 Å². The zero-order chi connectivity index (χ0) is 22.6. The Morgan fingerprint density at radius 2 is 1.84 bits per heavy atom. The number of hydrogen-bond acceptors (Lipinski definition) is 6. The highest BCUT2D eigenvalue weighted by molar-refractivity contribution is 7.93. The Morgan fingerprint density at radius 1 is 1.13 bits per heavy atom. The summed E-state index contributed by atoms with van der Waals surface area (Å²) in [5.74, 6) is -1.03. The molecule has 2 amide bonds. The zero-order valence-electron chi connectivity index (χ0n) is 18.0. The number of likely N-dealkylation sites (tertiary alicyclic amines) is 1. The molecule has 0 N–H and O–H groups in total. The summed E-state index contributed by atoms with van der Waals surface area (Å²) in [6.07, 6.45) is 1.99. The van der Waals surface area contributed by atoms with Crippen LogP contribution in [-0.4, -0.2) is 81.6 Å². The number of likely N-dealkylation sites (N-methyl/N-ethyl adjacent to an activating group) is 1. The number of ether oxygens (including phenoxy) is 1. The van der Waals surface area contributed by atoms with Gasteiger partial charge in [-0.25, -0.2) is 8.42 Å². The smallest absolute Gasteiger partial charge is 0.310 e. The number of anilines is 1. The van der Waals surface area contributed by atoms with Gasteiger partial charge in [0.1, 0.15) is 0 Å². The Bertz CT molecular complexity index is 931. The van der Waals surface area contributed by atoms with Crippen molar-refractivity contribution >= 4 is 33.5 Å². The third-order valence-electron chi connectivity index (χ3n) is 5.61. The van der Waals surface area contributed by atoms with Gasteiger partial charge in [-0.15, -0.1) is 0 Å². The highest BCUT2D eigenvalue weighted by atomic mass is 32.2. The molecule has 1 aromatic carbocycles. The Balaban J connectivity index is 1.58. The van der Waals surface area contributed by atoms with Crippen LogP contribution >= 0.6 is 0 Å². The van der Waals surface area contributed by atoms with Crippen LogP contribution in [0.1, 0.15) is 36.5 Å². The fraction of sp³-hybridized carbons (Fsp3) is 0.571. The van der Waals surface area contributed by atoms with Crippen LogP contribution in [-0.2, 0) is 24.3 Å². The van der Waals surface area contributed by atoms with Crippen LogP contribution in [0.15, 0.2) is 24.3 Å². The molecule has 31 heavy (non-hydrogen) atoms. The largest absolute Gasteiger partial charge is 0.466 e. The maximum atomic E-state index is 12.7. The summed E-state index contributed by atoms with van der Waals surface area (Å²) in [5.41, 5.74) is 0.907. The van der Waals surface area contributed by atoms with E-state index in [2.05, 4.69) is 0 Å². The molecular formula is C21H29N3O6S. The van der Waals surface area contributed by atoms with E-state index in [1.54, 1.807) is 43.1 Å². The van der Waals surface area contributed by atoms with Crippen LogP contribution < -0.4 is 4.31 Å². The van der Waals surface area contributed by atoms with Crippen LogP contribution in [0.5, 0.6) is 0 Å². The van der Waals surface area contributed by atoms with Crippen LogP contribution in [0.25, 0.3) is 0 Å². The van der Waals surface area contributed by atoms with Crippen molar-refractivity contribution in [2.45, 2.75) is 26.2 Å². The third kappa shape index (κ3) is 5.36. The molecule has 1 aromatic rings.